The molecule has 2 atom stereocenters. The Morgan fingerprint density at radius 1 is 0.760 bits per heavy atom. The second-order valence-electron chi connectivity index (χ2n) is 7.22. The van der Waals surface area contributed by atoms with Crippen molar-refractivity contribution in [3.63, 3.8) is 0 Å². The Morgan fingerprint density at radius 2 is 1.12 bits per heavy atom. The van der Waals surface area contributed by atoms with E-state index in [9.17, 15) is 18.1 Å². The summed E-state index contributed by atoms with van der Waals surface area (Å²) in [7, 11) is -4.18. The third-order valence-corrected chi connectivity index (χ3v) is 5.97. The van der Waals surface area contributed by atoms with Crippen molar-refractivity contribution in [1.29, 1.82) is 0 Å². The molecule has 0 aliphatic heterocycles. The van der Waals surface area contributed by atoms with Crippen molar-refractivity contribution in [1.82, 2.24) is 0 Å². The van der Waals surface area contributed by atoms with Crippen LogP contribution in [0.25, 0.3) is 0 Å². The molecular weight excluding hydrogens is 347 g/mol. The molecule has 0 aromatic rings. The zero-order valence-corrected chi connectivity index (χ0v) is 19.7. The van der Waals surface area contributed by atoms with Crippen molar-refractivity contribution in [3.8, 4) is 0 Å². The Kier molecular flexibility index (Phi) is 20.5. The van der Waals surface area contributed by atoms with Gasteiger partial charge in [0.15, 0.2) is 0 Å². The third-order valence-electron chi connectivity index (χ3n) is 4.69. The maximum absolute atomic E-state index is 11.4. The quantitative estimate of drug-likeness (QED) is 0.236. The fourth-order valence-corrected chi connectivity index (χ4v) is 4.01. The summed E-state index contributed by atoms with van der Waals surface area (Å²) in [6, 6.07) is 0. The van der Waals surface area contributed by atoms with E-state index in [1.807, 2.05) is 0 Å². The van der Waals surface area contributed by atoms with E-state index in [1.165, 1.54) is 38.5 Å². The van der Waals surface area contributed by atoms with Crippen LogP contribution in [0.2, 0.25) is 0 Å². The molecule has 0 aromatic carbocycles. The Bertz CT molecular complexity index is 372. The van der Waals surface area contributed by atoms with Gasteiger partial charge < -0.3 is 9.66 Å². The number of rotatable bonds is 17. The van der Waals surface area contributed by atoms with Crippen molar-refractivity contribution in [2.45, 2.75) is 122 Å². The average Bonchev–Trinajstić information content (AvgIpc) is 2.49. The minimum Gasteiger partial charge on any atom is -0.748 e. The first kappa shape index (κ1) is 28.1. The molecule has 0 fully saturated rings. The first-order valence-corrected chi connectivity index (χ1v) is 11.5. The van der Waals surface area contributed by atoms with E-state index in [0.717, 1.165) is 44.9 Å². The Morgan fingerprint density at radius 3 is 1.52 bits per heavy atom. The molecule has 0 spiro atoms. The molecule has 25 heavy (non-hydrogen) atoms. The molecule has 2 unspecified atom stereocenters. The van der Waals surface area contributed by atoms with Gasteiger partial charge in [0.25, 0.3) is 0 Å². The van der Waals surface area contributed by atoms with E-state index in [1.54, 1.807) is 6.92 Å². The van der Waals surface area contributed by atoms with E-state index in [-0.39, 0.29) is 35.7 Å². The third kappa shape index (κ3) is 19.4. The molecule has 4 nitrogen and oxygen atoms in total. The van der Waals surface area contributed by atoms with Gasteiger partial charge in [-0.25, -0.2) is 8.42 Å². The average molecular weight is 387 g/mol. The van der Waals surface area contributed by atoms with Crippen LogP contribution in [0.5, 0.6) is 0 Å². The van der Waals surface area contributed by atoms with Crippen LogP contribution in [0.15, 0.2) is 0 Å². The maximum atomic E-state index is 11.4. The van der Waals surface area contributed by atoms with Crippen LogP contribution in [0.1, 0.15) is 110 Å². The summed E-state index contributed by atoms with van der Waals surface area (Å²) in [5.41, 5.74) is 0. The predicted molar refractivity (Wildman–Crippen MR) is 100 cm³/mol. The Hall–Kier alpha value is 0.870. The minimum atomic E-state index is -4.18. The van der Waals surface area contributed by atoms with E-state index in [2.05, 4.69) is 6.92 Å². The summed E-state index contributed by atoms with van der Waals surface area (Å²) in [6.07, 6.45) is 14.7. The number of aliphatic hydroxyl groups is 1. The zero-order chi connectivity index (χ0) is 18.3. The van der Waals surface area contributed by atoms with Crippen LogP contribution >= 0.6 is 0 Å². The molecule has 0 aromatic heterocycles. The SMILES string of the molecule is CCCCCCCCCCCC(CCCCCC(C)O)S(=O)(=O)[O-].[Na+]. The summed E-state index contributed by atoms with van der Waals surface area (Å²) in [5.74, 6) is 0. The molecule has 0 aliphatic carbocycles. The molecular formula is C19H39NaO4S. The summed E-state index contributed by atoms with van der Waals surface area (Å²) in [5, 5.41) is 8.48. The molecule has 0 heterocycles. The van der Waals surface area contributed by atoms with E-state index in [0.29, 0.717) is 12.8 Å². The second-order valence-corrected chi connectivity index (χ2v) is 8.87. The molecule has 0 saturated carbocycles. The minimum absolute atomic E-state index is 0. The van der Waals surface area contributed by atoms with Gasteiger partial charge in [-0.2, -0.15) is 0 Å². The van der Waals surface area contributed by atoms with Crippen molar-refractivity contribution in [2.75, 3.05) is 0 Å². The van der Waals surface area contributed by atoms with E-state index >= 15 is 0 Å². The summed E-state index contributed by atoms with van der Waals surface area (Å²) < 4.78 is 34.1. The fraction of sp³-hybridized carbons (Fsp3) is 1.00. The largest absolute Gasteiger partial charge is 1.00 e. The predicted octanol–water partition coefficient (Wildman–Crippen LogP) is 2.16. The topological polar surface area (TPSA) is 77.4 Å². The van der Waals surface area contributed by atoms with Crippen LogP contribution in [0.3, 0.4) is 0 Å². The summed E-state index contributed by atoms with van der Waals surface area (Å²) in [6.45, 7) is 3.97. The van der Waals surface area contributed by atoms with Gasteiger partial charge in [-0.1, -0.05) is 84.0 Å². The van der Waals surface area contributed by atoms with Crippen LogP contribution in [-0.4, -0.2) is 29.4 Å². The van der Waals surface area contributed by atoms with Crippen molar-refractivity contribution in [3.05, 3.63) is 0 Å². The van der Waals surface area contributed by atoms with Gasteiger partial charge >= 0.3 is 29.6 Å². The monoisotopic (exact) mass is 386 g/mol. The number of hydrogen-bond acceptors (Lipinski definition) is 4. The molecule has 0 aliphatic rings. The van der Waals surface area contributed by atoms with Crippen LogP contribution in [0, 0.1) is 0 Å². The molecule has 0 bridgehead atoms. The van der Waals surface area contributed by atoms with Gasteiger partial charge in [-0.05, 0) is 26.2 Å². The molecule has 0 amide bonds. The summed E-state index contributed by atoms with van der Waals surface area (Å²) >= 11 is 0. The zero-order valence-electron chi connectivity index (χ0n) is 16.8. The molecule has 0 saturated heterocycles. The smallest absolute Gasteiger partial charge is 0.748 e. The van der Waals surface area contributed by atoms with Crippen LogP contribution < -0.4 is 29.6 Å². The van der Waals surface area contributed by atoms with E-state index in [4.69, 9.17) is 0 Å². The van der Waals surface area contributed by atoms with Crippen molar-refractivity contribution < 1.29 is 47.6 Å². The first-order valence-electron chi connectivity index (χ1n) is 10.0. The Labute approximate surface area is 178 Å². The first-order chi connectivity index (χ1) is 11.4. The second kappa shape index (κ2) is 18.2. The molecule has 0 rings (SSSR count). The fourth-order valence-electron chi connectivity index (χ4n) is 3.10. The molecule has 1 N–H and O–H groups in total. The van der Waals surface area contributed by atoms with Gasteiger partial charge in [0.1, 0.15) is 0 Å². The van der Waals surface area contributed by atoms with E-state index < -0.39 is 15.4 Å². The van der Waals surface area contributed by atoms with Crippen LogP contribution in [-0.2, 0) is 10.1 Å². The standard InChI is InChI=1S/C19H40O4S.Na/c1-3-4-5-6-7-8-9-10-13-16-19(24(21,22)23)17-14-11-12-15-18(2)20;/h18-20H,3-17H2,1-2H3,(H,21,22,23);/q;+1/p-1. The maximum Gasteiger partial charge on any atom is 1.00 e. The number of aliphatic hydroxyl groups excluding tert-OH is 1. The molecule has 6 heteroatoms. The van der Waals surface area contributed by atoms with Gasteiger partial charge in [0.2, 0.25) is 0 Å². The Balaban J connectivity index is 0. The molecule has 0 radical (unpaired) electrons. The van der Waals surface area contributed by atoms with Crippen molar-refractivity contribution >= 4 is 10.1 Å². The van der Waals surface area contributed by atoms with Gasteiger partial charge in [-0.3, -0.25) is 0 Å². The van der Waals surface area contributed by atoms with Gasteiger partial charge in [-0.15, -0.1) is 0 Å². The number of unbranched alkanes of at least 4 members (excludes halogenated alkanes) is 10. The van der Waals surface area contributed by atoms with Gasteiger partial charge in [0.05, 0.1) is 16.2 Å². The molecule has 146 valence electrons. The summed E-state index contributed by atoms with van der Waals surface area (Å²) in [4.78, 5) is 0. The van der Waals surface area contributed by atoms with Crippen molar-refractivity contribution in [2.24, 2.45) is 0 Å². The normalized spacial score (nSPS) is 14.1. The van der Waals surface area contributed by atoms with Crippen LogP contribution in [0.4, 0.5) is 0 Å². The van der Waals surface area contributed by atoms with Gasteiger partial charge in [0, 0.05) is 5.25 Å². The number of hydrogen-bond donors (Lipinski definition) is 1.